The summed E-state index contributed by atoms with van der Waals surface area (Å²) in [6.45, 7) is 8.99. The van der Waals surface area contributed by atoms with Crippen molar-refractivity contribution in [3.8, 4) is 17.2 Å². The Balaban J connectivity index is 2.18. The molecule has 0 aliphatic rings. The van der Waals surface area contributed by atoms with E-state index in [9.17, 15) is 9.90 Å². The van der Waals surface area contributed by atoms with Gasteiger partial charge in [-0.1, -0.05) is 42.4 Å². The first kappa shape index (κ1) is 23.3. The van der Waals surface area contributed by atoms with E-state index in [1.807, 2.05) is 19.1 Å². The Bertz CT molecular complexity index is 975. The Morgan fingerprint density at radius 2 is 1.90 bits per heavy atom. The summed E-state index contributed by atoms with van der Waals surface area (Å²) in [5.74, 6) is 0.0415. The molecule has 0 aliphatic heterocycles. The molecule has 5 heteroatoms. The summed E-state index contributed by atoms with van der Waals surface area (Å²) in [5, 5.41) is 10.7. The highest BCUT2D eigenvalue weighted by molar-refractivity contribution is 5.89. The van der Waals surface area contributed by atoms with Crippen molar-refractivity contribution in [1.29, 1.82) is 0 Å². The van der Waals surface area contributed by atoms with Crippen molar-refractivity contribution < 1.29 is 19.0 Å². The lowest BCUT2D eigenvalue weighted by Crippen LogP contribution is -2.05. The van der Waals surface area contributed by atoms with Crippen LogP contribution in [-0.2, 0) is 0 Å². The highest BCUT2D eigenvalue weighted by atomic mass is 16.5. The van der Waals surface area contributed by atoms with E-state index in [-0.39, 0.29) is 17.9 Å². The number of hydrogen-bond acceptors (Lipinski definition) is 5. The molecule has 0 amide bonds. The zero-order chi connectivity index (χ0) is 21.9. The molecule has 0 saturated heterocycles. The van der Waals surface area contributed by atoms with Crippen molar-refractivity contribution in [3.63, 3.8) is 0 Å². The Kier molecular flexibility index (Phi) is 9.26. The van der Waals surface area contributed by atoms with Crippen LogP contribution in [0, 0.1) is 0 Å². The molecule has 0 spiro atoms. The van der Waals surface area contributed by atoms with E-state index in [0.717, 1.165) is 25.7 Å². The van der Waals surface area contributed by atoms with Crippen molar-refractivity contribution in [2.45, 2.75) is 53.4 Å². The lowest BCUT2D eigenvalue weighted by molar-refractivity contribution is 0.313. The van der Waals surface area contributed by atoms with Crippen LogP contribution in [0.1, 0.15) is 53.4 Å². The first-order valence-corrected chi connectivity index (χ1v) is 10.4. The average molecular weight is 413 g/mol. The minimum Gasteiger partial charge on any atom is -0.499 e. The van der Waals surface area contributed by atoms with Crippen molar-refractivity contribution in [1.82, 2.24) is 0 Å². The molecule has 0 unspecified atom stereocenters. The summed E-state index contributed by atoms with van der Waals surface area (Å²) in [6, 6.07) is 5.26. The molecule has 5 nitrogen and oxygen atoms in total. The normalized spacial score (nSPS) is 11.8. The molecular formula is C25H32O5. The third-order valence-electron chi connectivity index (χ3n) is 4.52. The van der Waals surface area contributed by atoms with Gasteiger partial charge in [0.25, 0.3) is 0 Å². The van der Waals surface area contributed by atoms with E-state index in [1.165, 1.54) is 11.1 Å². The van der Waals surface area contributed by atoms with Gasteiger partial charge in [0.05, 0.1) is 12.0 Å². The Labute approximate surface area is 178 Å². The Hall–Kier alpha value is -2.95. The van der Waals surface area contributed by atoms with Gasteiger partial charge in [0, 0.05) is 0 Å². The van der Waals surface area contributed by atoms with Gasteiger partial charge in [-0.05, 0) is 64.7 Å². The molecule has 0 atom stereocenters. The van der Waals surface area contributed by atoms with Gasteiger partial charge in [0.1, 0.15) is 6.61 Å². The molecule has 0 radical (unpaired) electrons. The average Bonchev–Trinajstić information content (AvgIpc) is 2.70. The molecule has 1 aromatic heterocycles. The third-order valence-corrected chi connectivity index (χ3v) is 4.52. The van der Waals surface area contributed by atoms with Crippen molar-refractivity contribution in [2.24, 2.45) is 0 Å². The smallest absolute Gasteiger partial charge is 0.382 e. The SMILES string of the molecule is CCC=CCCOc1cccc2c(OCC=C(C)CCC=C(C)C)c(O)c(=O)oc12. The van der Waals surface area contributed by atoms with Gasteiger partial charge in [-0.2, -0.15) is 0 Å². The van der Waals surface area contributed by atoms with E-state index < -0.39 is 11.4 Å². The largest absolute Gasteiger partial charge is 0.499 e. The third kappa shape index (κ3) is 6.83. The number of rotatable bonds is 11. The predicted octanol–water partition coefficient (Wildman–Crippen LogP) is 6.31. The maximum atomic E-state index is 12.1. The molecule has 1 N–H and O–H groups in total. The lowest BCUT2D eigenvalue weighted by Gasteiger charge is -2.12. The summed E-state index contributed by atoms with van der Waals surface area (Å²) < 4.78 is 16.9. The monoisotopic (exact) mass is 412 g/mol. The van der Waals surface area contributed by atoms with Gasteiger partial charge >= 0.3 is 5.63 Å². The van der Waals surface area contributed by atoms with Crippen LogP contribution >= 0.6 is 0 Å². The molecule has 0 bridgehead atoms. The number of benzene rings is 1. The Morgan fingerprint density at radius 3 is 2.63 bits per heavy atom. The number of para-hydroxylation sites is 1. The summed E-state index contributed by atoms with van der Waals surface area (Å²) >= 11 is 0. The van der Waals surface area contributed by atoms with Crippen LogP contribution in [0.4, 0.5) is 0 Å². The number of aromatic hydroxyl groups is 1. The summed E-state index contributed by atoms with van der Waals surface area (Å²) in [5.41, 5.74) is 1.91. The first-order chi connectivity index (χ1) is 14.4. The van der Waals surface area contributed by atoms with E-state index in [0.29, 0.717) is 17.7 Å². The predicted molar refractivity (Wildman–Crippen MR) is 122 cm³/mol. The molecule has 0 fully saturated rings. The van der Waals surface area contributed by atoms with Crippen molar-refractivity contribution in [3.05, 3.63) is 64.1 Å². The second kappa shape index (κ2) is 11.9. The minimum absolute atomic E-state index is 0.117. The highest BCUT2D eigenvalue weighted by Crippen LogP contribution is 2.36. The van der Waals surface area contributed by atoms with Crippen LogP contribution in [0.15, 0.2) is 62.9 Å². The molecule has 2 aromatic rings. The fraction of sp³-hybridized carbons (Fsp3) is 0.400. The first-order valence-electron chi connectivity index (χ1n) is 10.4. The number of hydrogen-bond donors (Lipinski definition) is 1. The van der Waals surface area contributed by atoms with E-state index in [4.69, 9.17) is 13.9 Å². The van der Waals surface area contributed by atoms with E-state index in [1.54, 1.807) is 18.2 Å². The number of allylic oxidation sites excluding steroid dienone is 4. The highest BCUT2D eigenvalue weighted by Gasteiger charge is 2.17. The van der Waals surface area contributed by atoms with Crippen LogP contribution < -0.4 is 15.1 Å². The summed E-state index contributed by atoms with van der Waals surface area (Å²) in [7, 11) is 0. The fourth-order valence-electron chi connectivity index (χ4n) is 2.90. The van der Waals surface area contributed by atoms with E-state index >= 15 is 0 Å². The van der Waals surface area contributed by atoms with Gasteiger partial charge in [-0.15, -0.1) is 0 Å². The zero-order valence-corrected chi connectivity index (χ0v) is 18.4. The molecule has 0 saturated carbocycles. The summed E-state index contributed by atoms with van der Waals surface area (Å²) in [6.07, 6.45) is 11.9. The summed E-state index contributed by atoms with van der Waals surface area (Å²) in [4.78, 5) is 12.1. The molecular weight excluding hydrogens is 380 g/mol. The van der Waals surface area contributed by atoms with Gasteiger partial charge in [-0.25, -0.2) is 4.79 Å². The van der Waals surface area contributed by atoms with Gasteiger partial charge in [0.15, 0.2) is 17.1 Å². The molecule has 162 valence electrons. The fourth-order valence-corrected chi connectivity index (χ4v) is 2.90. The second-order valence-electron chi connectivity index (χ2n) is 7.40. The van der Waals surface area contributed by atoms with Gasteiger partial charge in [-0.3, -0.25) is 0 Å². The van der Waals surface area contributed by atoms with Gasteiger partial charge in [0.2, 0.25) is 5.75 Å². The molecule has 2 rings (SSSR count). The van der Waals surface area contributed by atoms with Crippen LogP contribution in [-0.4, -0.2) is 18.3 Å². The second-order valence-corrected chi connectivity index (χ2v) is 7.40. The van der Waals surface area contributed by atoms with Gasteiger partial charge < -0.3 is 19.0 Å². The molecule has 1 heterocycles. The molecule has 1 aromatic carbocycles. The van der Waals surface area contributed by atoms with Crippen LogP contribution in [0.5, 0.6) is 17.2 Å². The van der Waals surface area contributed by atoms with Crippen LogP contribution in [0.3, 0.4) is 0 Å². The number of ether oxygens (including phenoxy) is 2. The molecule has 30 heavy (non-hydrogen) atoms. The van der Waals surface area contributed by atoms with Crippen LogP contribution in [0.25, 0.3) is 11.0 Å². The Morgan fingerprint density at radius 1 is 1.10 bits per heavy atom. The van der Waals surface area contributed by atoms with Crippen LogP contribution in [0.2, 0.25) is 0 Å². The topological polar surface area (TPSA) is 68.9 Å². The number of fused-ring (bicyclic) bond motifs is 1. The molecule has 0 aliphatic carbocycles. The van der Waals surface area contributed by atoms with Crippen molar-refractivity contribution in [2.75, 3.05) is 13.2 Å². The zero-order valence-electron chi connectivity index (χ0n) is 18.4. The minimum atomic E-state index is -0.844. The maximum Gasteiger partial charge on any atom is 0.382 e. The van der Waals surface area contributed by atoms with Crippen molar-refractivity contribution >= 4 is 11.0 Å². The quantitative estimate of drug-likeness (QED) is 0.266. The standard InChI is InChI=1S/C25H32O5/c1-5-6-7-8-16-28-21-14-10-13-20-23(21)30-25(27)22(26)24(20)29-17-15-19(4)12-9-11-18(2)3/h6-7,10-11,13-15,26H,5,8-9,12,16-17H2,1-4H3. The lowest BCUT2D eigenvalue weighted by atomic mass is 10.1. The maximum absolute atomic E-state index is 12.1. The van der Waals surface area contributed by atoms with E-state index in [2.05, 4.69) is 32.9 Å².